The van der Waals surface area contributed by atoms with Crippen molar-refractivity contribution in [2.24, 2.45) is 0 Å². The van der Waals surface area contributed by atoms with E-state index in [0.717, 1.165) is 17.3 Å². The fourth-order valence-electron chi connectivity index (χ4n) is 5.24. The number of ether oxygens (including phenoxy) is 1. The molecule has 240 valence electrons. The van der Waals surface area contributed by atoms with Gasteiger partial charge in [0.2, 0.25) is 18.0 Å². The van der Waals surface area contributed by atoms with Crippen molar-refractivity contribution in [1.29, 1.82) is 0 Å². The summed E-state index contributed by atoms with van der Waals surface area (Å²) in [6.07, 6.45) is 0.203. The van der Waals surface area contributed by atoms with Gasteiger partial charge in [-0.1, -0.05) is 81.4 Å². The molecule has 3 N–H and O–H groups in total. The molecule has 0 radical (unpaired) electrons. The molecular formula is C30H40N4O8S2. The number of thioether (sulfide) groups is 1. The largest absolute Gasteiger partial charge is 0.459 e. The van der Waals surface area contributed by atoms with Crippen LogP contribution in [-0.2, 0) is 40.6 Å². The van der Waals surface area contributed by atoms with Gasteiger partial charge in [0.1, 0.15) is 18.0 Å². The molecule has 0 spiro atoms. The zero-order valence-electron chi connectivity index (χ0n) is 25.4. The van der Waals surface area contributed by atoms with Crippen LogP contribution in [0.4, 0.5) is 0 Å². The first-order chi connectivity index (χ1) is 20.8. The lowest BCUT2D eigenvalue weighted by Crippen LogP contribution is -2.85. The number of fused-ring (bicyclic) bond motifs is 1. The fraction of sp³-hybridized carbons (Fsp3) is 0.467. The Bertz CT molecular complexity index is 1420. The third-order valence-electron chi connectivity index (χ3n) is 7.58. The number of carbonyl (C=O) groups excluding carboxylic acids is 4. The molecule has 0 bridgehead atoms. The Morgan fingerprint density at radius 2 is 1.59 bits per heavy atom. The molecule has 2 aliphatic rings. The Labute approximate surface area is 262 Å². The molecular weight excluding hydrogens is 608 g/mol. The van der Waals surface area contributed by atoms with E-state index in [-0.39, 0.29) is 18.6 Å². The minimum atomic E-state index is -4.94. The third kappa shape index (κ3) is 7.42. The van der Waals surface area contributed by atoms with Crippen LogP contribution in [0.15, 0.2) is 60.7 Å². The van der Waals surface area contributed by atoms with Crippen LogP contribution in [-0.4, -0.2) is 88.4 Å². The third-order valence-corrected chi connectivity index (χ3v) is 10.3. The average Bonchev–Trinajstić information content (AvgIpc) is 3.26. The SMILES string of the molecule is CC1(C)S[C@H]2N(C(=O)[C@@]2(NC=O)NC(=O)C(c2ccccc2)S(=O)(=O)O)[C@H]1C(=O)OCc1ccccc1.CCN(CC)CC. The topological polar surface area (TPSA) is 162 Å². The monoisotopic (exact) mass is 648 g/mol. The van der Waals surface area contributed by atoms with E-state index < -0.39 is 55.0 Å². The summed E-state index contributed by atoms with van der Waals surface area (Å²) in [6.45, 7) is 13.6. The maximum absolute atomic E-state index is 13.4. The second-order valence-electron chi connectivity index (χ2n) is 10.8. The maximum atomic E-state index is 13.4. The highest BCUT2D eigenvalue weighted by atomic mass is 32.2. The van der Waals surface area contributed by atoms with E-state index in [2.05, 4.69) is 36.3 Å². The number of nitrogens with one attached hydrogen (secondary N) is 2. The number of hydrogen-bond donors (Lipinski definition) is 3. The van der Waals surface area contributed by atoms with E-state index in [1.54, 1.807) is 44.2 Å². The molecule has 2 aliphatic heterocycles. The van der Waals surface area contributed by atoms with Gasteiger partial charge < -0.3 is 25.2 Å². The molecule has 14 heteroatoms. The predicted molar refractivity (Wildman–Crippen MR) is 167 cm³/mol. The van der Waals surface area contributed by atoms with E-state index in [0.29, 0.717) is 0 Å². The summed E-state index contributed by atoms with van der Waals surface area (Å²) in [6, 6.07) is 15.2. The predicted octanol–water partition coefficient (Wildman–Crippen LogP) is 2.33. The molecule has 0 saturated carbocycles. The highest BCUT2D eigenvalue weighted by molar-refractivity contribution is 8.01. The van der Waals surface area contributed by atoms with Crippen LogP contribution in [0.5, 0.6) is 0 Å². The van der Waals surface area contributed by atoms with E-state index in [1.807, 2.05) is 6.07 Å². The lowest BCUT2D eigenvalue weighted by Gasteiger charge is -2.52. The van der Waals surface area contributed by atoms with Gasteiger partial charge in [-0.15, -0.1) is 11.8 Å². The first kappa shape index (κ1) is 35.0. The van der Waals surface area contributed by atoms with Crippen LogP contribution in [0.2, 0.25) is 0 Å². The molecule has 2 heterocycles. The van der Waals surface area contributed by atoms with E-state index in [1.165, 1.54) is 48.8 Å². The molecule has 0 aromatic heterocycles. The van der Waals surface area contributed by atoms with Gasteiger partial charge in [0.05, 0.1) is 0 Å². The molecule has 12 nitrogen and oxygen atoms in total. The quantitative estimate of drug-likeness (QED) is 0.102. The van der Waals surface area contributed by atoms with Crippen molar-refractivity contribution in [3.63, 3.8) is 0 Å². The van der Waals surface area contributed by atoms with Crippen LogP contribution < -0.4 is 10.6 Å². The number of rotatable bonds is 12. The van der Waals surface area contributed by atoms with Crippen molar-refractivity contribution in [2.75, 3.05) is 19.6 Å². The summed E-state index contributed by atoms with van der Waals surface area (Å²) >= 11 is 1.14. The van der Waals surface area contributed by atoms with Gasteiger partial charge in [0, 0.05) is 4.75 Å². The highest BCUT2D eigenvalue weighted by Gasteiger charge is 2.73. The second-order valence-corrected chi connectivity index (χ2v) is 14.0. The fourth-order valence-corrected chi connectivity index (χ4v) is 7.72. The average molecular weight is 649 g/mol. The summed E-state index contributed by atoms with van der Waals surface area (Å²) in [5.74, 6) is -2.70. The number of carbonyl (C=O) groups is 4. The lowest BCUT2D eigenvalue weighted by atomic mass is 9.91. The second kappa shape index (κ2) is 14.5. The van der Waals surface area contributed by atoms with Crippen molar-refractivity contribution in [2.45, 2.75) is 68.3 Å². The summed E-state index contributed by atoms with van der Waals surface area (Å²) in [7, 11) is -4.94. The molecule has 44 heavy (non-hydrogen) atoms. The van der Waals surface area contributed by atoms with Gasteiger partial charge in [0.15, 0.2) is 5.25 Å². The normalized spacial score (nSPS) is 22.5. The van der Waals surface area contributed by atoms with Gasteiger partial charge in [0.25, 0.3) is 16.0 Å². The van der Waals surface area contributed by atoms with Crippen LogP contribution in [0.1, 0.15) is 51.0 Å². The van der Waals surface area contributed by atoms with Crippen molar-refractivity contribution in [3.05, 3.63) is 71.8 Å². The maximum Gasteiger partial charge on any atom is 0.330 e. The molecule has 2 aromatic carbocycles. The van der Waals surface area contributed by atoms with Crippen LogP contribution in [0.3, 0.4) is 0 Å². The molecule has 0 aliphatic carbocycles. The molecule has 4 rings (SSSR count). The molecule has 3 amide bonds. The number of amides is 3. The molecule has 2 fully saturated rings. The summed E-state index contributed by atoms with van der Waals surface area (Å²) < 4.78 is 38.6. The molecule has 1 unspecified atom stereocenters. The van der Waals surface area contributed by atoms with Crippen molar-refractivity contribution in [1.82, 2.24) is 20.4 Å². The Kier molecular flexibility index (Phi) is 11.6. The number of β-lactam (4-membered cyclic amide) rings is 1. The first-order valence-corrected chi connectivity index (χ1v) is 16.6. The molecule has 2 saturated heterocycles. The molecule has 2 aromatic rings. The number of nitrogens with zero attached hydrogens (tertiary/aromatic N) is 2. The molecule has 4 atom stereocenters. The van der Waals surface area contributed by atoms with E-state index in [4.69, 9.17) is 4.74 Å². The summed E-state index contributed by atoms with van der Waals surface area (Å²) in [5, 5.41) is 1.64. The van der Waals surface area contributed by atoms with Gasteiger partial charge in [-0.3, -0.25) is 18.9 Å². The Morgan fingerprint density at radius 1 is 1.05 bits per heavy atom. The Morgan fingerprint density at radius 3 is 2.07 bits per heavy atom. The summed E-state index contributed by atoms with van der Waals surface area (Å²) in [4.78, 5) is 54.7. The summed E-state index contributed by atoms with van der Waals surface area (Å²) in [5.41, 5.74) is -1.31. The standard InChI is InChI=1S/C24H25N3O8S2.C6H15N/c1-23(2)18(20(30)35-13-15-9-5-3-6-10-15)27-21(31)24(25-14-28,22(27)36-23)26-19(29)17(37(32,33)34)16-11-7-4-8-12-16;1-4-7(5-2)6-3/h3-12,14,17-18,22H,13H2,1-2H3,(H,25,28)(H,26,29)(H,32,33,34);4-6H2,1-3H3/t17?,18-,22+,24+;/m0./s1. The van der Waals surface area contributed by atoms with Gasteiger partial charge in [-0.25, -0.2) is 4.79 Å². The van der Waals surface area contributed by atoms with Gasteiger partial charge >= 0.3 is 5.97 Å². The van der Waals surface area contributed by atoms with Crippen molar-refractivity contribution >= 4 is 46.1 Å². The highest BCUT2D eigenvalue weighted by Crippen LogP contribution is 2.54. The number of esters is 1. The van der Waals surface area contributed by atoms with Crippen LogP contribution in [0, 0.1) is 0 Å². The Balaban J connectivity index is 0.000000676. The number of benzene rings is 2. The minimum absolute atomic E-state index is 0.00873. The van der Waals surface area contributed by atoms with Crippen LogP contribution in [0.25, 0.3) is 0 Å². The minimum Gasteiger partial charge on any atom is -0.459 e. The van der Waals surface area contributed by atoms with Crippen molar-refractivity contribution < 1.29 is 36.9 Å². The van der Waals surface area contributed by atoms with Crippen molar-refractivity contribution in [3.8, 4) is 0 Å². The van der Waals surface area contributed by atoms with Gasteiger partial charge in [-0.05, 0) is 44.6 Å². The number of hydrogen-bond acceptors (Lipinski definition) is 9. The zero-order chi connectivity index (χ0) is 32.7. The Hall–Kier alpha value is -3.46. The lowest BCUT2D eigenvalue weighted by molar-refractivity contribution is -0.174. The first-order valence-electron chi connectivity index (χ1n) is 14.2. The van der Waals surface area contributed by atoms with Crippen LogP contribution >= 0.6 is 11.8 Å². The van der Waals surface area contributed by atoms with E-state index >= 15 is 0 Å². The zero-order valence-corrected chi connectivity index (χ0v) is 27.1. The van der Waals surface area contributed by atoms with Gasteiger partial charge in [-0.2, -0.15) is 8.42 Å². The van der Waals surface area contributed by atoms with E-state index in [9.17, 15) is 32.1 Å². The smallest absolute Gasteiger partial charge is 0.330 e.